The Morgan fingerprint density at radius 1 is 1.67 bits per heavy atom. The average Bonchev–Trinajstić information content (AvgIpc) is 2.58. The number of nitrogens with two attached hydrogens (primary N) is 1. The Morgan fingerprint density at radius 3 is 3.07 bits per heavy atom. The minimum atomic E-state index is -0.317. The summed E-state index contributed by atoms with van der Waals surface area (Å²) in [5.41, 5.74) is 7.89. The SMILES string of the molecule is CC1Cc2cc(C(N)CO)cc(Br)c2O1. The van der Waals surface area contributed by atoms with E-state index >= 15 is 0 Å². The second-order valence-electron chi connectivity index (χ2n) is 3.91. The molecule has 0 aromatic heterocycles. The molecule has 1 aliphatic heterocycles. The summed E-state index contributed by atoms with van der Waals surface area (Å²) in [5.74, 6) is 0.913. The fourth-order valence-electron chi connectivity index (χ4n) is 1.83. The van der Waals surface area contributed by atoms with E-state index in [4.69, 9.17) is 15.6 Å². The molecule has 0 saturated heterocycles. The van der Waals surface area contributed by atoms with Crippen molar-refractivity contribution in [1.29, 1.82) is 0 Å². The van der Waals surface area contributed by atoms with Gasteiger partial charge in [-0.1, -0.05) is 6.07 Å². The molecule has 0 amide bonds. The first-order chi connectivity index (χ1) is 7.11. The molecule has 2 unspecified atom stereocenters. The Morgan fingerprint density at radius 2 is 2.40 bits per heavy atom. The van der Waals surface area contributed by atoms with E-state index in [2.05, 4.69) is 15.9 Å². The van der Waals surface area contributed by atoms with Crippen LogP contribution in [0, 0.1) is 0 Å². The quantitative estimate of drug-likeness (QED) is 0.862. The monoisotopic (exact) mass is 271 g/mol. The molecule has 3 nitrogen and oxygen atoms in total. The van der Waals surface area contributed by atoms with Gasteiger partial charge >= 0.3 is 0 Å². The van der Waals surface area contributed by atoms with Gasteiger partial charge in [0.1, 0.15) is 11.9 Å². The smallest absolute Gasteiger partial charge is 0.137 e. The molecular formula is C11H14BrNO2. The Kier molecular flexibility index (Phi) is 3.00. The number of fused-ring (bicyclic) bond motifs is 1. The zero-order chi connectivity index (χ0) is 11.0. The summed E-state index contributed by atoms with van der Waals surface area (Å²) >= 11 is 3.46. The molecule has 1 aromatic carbocycles. The number of ether oxygens (including phenoxy) is 1. The minimum Gasteiger partial charge on any atom is -0.489 e. The Balaban J connectivity index is 2.40. The van der Waals surface area contributed by atoms with Gasteiger partial charge in [0.05, 0.1) is 17.1 Å². The van der Waals surface area contributed by atoms with Crippen LogP contribution >= 0.6 is 15.9 Å². The van der Waals surface area contributed by atoms with Crippen molar-refractivity contribution >= 4 is 15.9 Å². The number of halogens is 1. The minimum absolute atomic E-state index is 0.0400. The largest absolute Gasteiger partial charge is 0.489 e. The number of aliphatic hydroxyl groups is 1. The predicted molar refractivity (Wildman–Crippen MR) is 62.0 cm³/mol. The lowest BCUT2D eigenvalue weighted by molar-refractivity contribution is 0.253. The van der Waals surface area contributed by atoms with E-state index in [9.17, 15) is 0 Å². The van der Waals surface area contributed by atoms with Gasteiger partial charge in [-0.05, 0) is 40.0 Å². The summed E-state index contributed by atoms with van der Waals surface area (Å²) in [6.07, 6.45) is 1.12. The standard InChI is InChI=1S/C11H14BrNO2/c1-6-2-8-3-7(10(13)5-14)4-9(12)11(8)15-6/h3-4,6,10,14H,2,5,13H2,1H3. The van der Waals surface area contributed by atoms with Gasteiger partial charge in [-0.25, -0.2) is 0 Å². The van der Waals surface area contributed by atoms with Crippen LogP contribution < -0.4 is 10.5 Å². The van der Waals surface area contributed by atoms with Gasteiger partial charge in [0.25, 0.3) is 0 Å². The van der Waals surface area contributed by atoms with Gasteiger partial charge in [0.15, 0.2) is 0 Å². The molecule has 15 heavy (non-hydrogen) atoms. The molecule has 1 aliphatic rings. The first kappa shape index (κ1) is 10.9. The topological polar surface area (TPSA) is 55.5 Å². The van der Waals surface area contributed by atoms with Crippen LogP contribution in [0.5, 0.6) is 5.75 Å². The molecule has 82 valence electrons. The van der Waals surface area contributed by atoms with Gasteiger partial charge in [0.2, 0.25) is 0 Å². The van der Waals surface area contributed by atoms with Crippen LogP contribution in [0.2, 0.25) is 0 Å². The van der Waals surface area contributed by atoms with E-state index in [0.29, 0.717) is 0 Å². The second-order valence-corrected chi connectivity index (χ2v) is 4.77. The predicted octanol–water partition coefficient (Wildman–Crippen LogP) is 1.76. The summed E-state index contributed by atoms with van der Waals surface area (Å²) in [7, 11) is 0. The lowest BCUT2D eigenvalue weighted by Crippen LogP contribution is -2.14. The van der Waals surface area contributed by atoms with Crippen LogP contribution in [-0.2, 0) is 6.42 Å². The fourth-order valence-corrected chi connectivity index (χ4v) is 2.44. The number of rotatable bonds is 2. The molecule has 0 spiro atoms. The van der Waals surface area contributed by atoms with E-state index in [-0.39, 0.29) is 18.8 Å². The van der Waals surface area contributed by atoms with Gasteiger partial charge in [-0.15, -0.1) is 0 Å². The molecule has 0 aliphatic carbocycles. The molecule has 2 rings (SSSR count). The normalized spacial score (nSPS) is 20.9. The van der Waals surface area contributed by atoms with Crippen molar-refractivity contribution in [2.45, 2.75) is 25.5 Å². The van der Waals surface area contributed by atoms with Crippen molar-refractivity contribution < 1.29 is 9.84 Å². The van der Waals surface area contributed by atoms with Crippen molar-refractivity contribution in [3.63, 3.8) is 0 Å². The third-order valence-electron chi connectivity index (χ3n) is 2.59. The third-order valence-corrected chi connectivity index (χ3v) is 3.18. The maximum Gasteiger partial charge on any atom is 0.137 e. The van der Waals surface area contributed by atoms with Gasteiger partial charge in [-0.3, -0.25) is 0 Å². The molecule has 1 heterocycles. The number of aliphatic hydroxyl groups excluding tert-OH is 1. The summed E-state index contributed by atoms with van der Waals surface area (Å²) in [6, 6.07) is 3.62. The Labute approximate surface area is 97.4 Å². The summed E-state index contributed by atoms with van der Waals surface area (Å²) in [6.45, 7) is 2.00. The van der Waals surface area contributed by atoms with Crippen LogP contribution in [0.1, 0.15) is 24.1 Å². The third kappa shape index (κ3) is 2.02. The summed E-state index contributed by atoms with van der Waals surface area (Å²) in [4.78, 5) is 0. The first-order valence-corrected chi connectivity index (χ1v) is 5.76. The maximum absolute atomic E-state index is 9.01. The van der Waals surface area contributed by atoms with Gasteiger partial charge < -0.3 is 15.6 Å². The first-order valence-electron chi connectivity index (χ1n) is 4.97. The van der Waals surface area contributed by atoms with E-state index in [1.165, 1.54) is 0 Å². The van der Waals surface area contributed by atoms with Crippen molar-refractivity contribution in [1.82, 2.24) is 0 Å². The van der Waals surface area contributed by atoms with Crippen molar-refractivity contribution in [2.24, 2.45) is 5.73 Å². The van der Waals surface area contributed by atoms with E-state index in [0.717, 1.165) is 27.8 Å². The fraction of sp³-hybridized carbons (Fsp3) is 0.455. The van der Waals surface area contributed by atoms with Crippen LogP contribution in [0.3, 0.4) is 0 Å². The molecule has 0 fully saturated rings. The Bertz CT molecular complexity index is 381. The molecule has 3 N–H and O–H groups in total. The number of benzene rings is 1. The van der Waals surface area contributed by atoms with Gasteiger partial charge in [-0.2, -0.15) is 0 Å². The Hall–Kier alpha value is -0.580. The van der Waals surface area contributed by atoms with E-state index in [1.807, 2.05) is 19.1 Å². The lowest BCUT2D eigenvalue weighted by Gasteiger charge is -2.11. The molecule has 4 heteroatoms. The highest BCUT2D eigenvalue weighted by Crippen LogP contribution is 2.38. The molecule has 2 atom stereocenters. The molecular weight excluding hydrogens is 258 g/mol. The van der Waals surface area contributed by atoms with Crippen LogP contribution in [0.25, 0.3) is 0 Å². The summed E-state index contributed by atoms with van der Waals surface area (Å²) in [5, 5.41) is 9.01. The summed E-state index contributed by atoms with van der Waals surface area (Å²) < 4.78 is 6.58. The zero-order valence-corrected chi connectivity index (χ0v) is 10.1. The van der Waals surface area contributed by atoms with Crippen molar-refractivity contribution in [3.05, 3.63) is 27.7 Å². The highest BCUT2D eigenvalue weighted by molar-refractivity contribution is 9.10. The highest BCUT2D eigenvalue weighted by Gasteiger charge is 2.23. The number of hydrogen-bond acceptors (Lipinski definition) is 3. The molecule has 0 bridgehead atoms. The molecule has 0 saturated carbocycles. The van der Waals surface area contributed by atoms with Crippen LogP contribution in [0.15, 0.2) is 16.6 Å². The van der Waals surface area contributed by atoms with Crippen LogP contribution in [0.4, 0.5) is 0 Å². The zero-order valence-electron chi connectivity index (χ0n) is 8.53. The molecule has 1 aromatic rings. The number of hydrogen-bond donors (Lipinski definition) is 2. The second kappa shape index (κ2) is 4.12. The van der Waals surface area contributed by atoms with Gasteiger partial charge in [0, 0.05) is 6.42 Å². The van der Waals surface area contributed by atoms with E-state index in [1.54, 1.807) is 0 Å². The average molecular weight is 272 g/mol. The maximum atomic E-state index is 9.01. The van der Waals surface area contributed by atoms with Crippen molar-refractivity contribution in [2.75, 3.05) is 6.61 Å². The molecule has 0 radical (unpaired) electrons. The highest BCUT2D eigenvalue weighted by atomic mass is 79.9. The van der Waals surface area contributed by atoms with Crippen molar-refractivity contribution in [3.8, 4) is 5.75 Å². The van der Waals surface area contributed by atoms with E-state index < -0.39 is 0 Å². The lowest BCUT2D eigenvalue weighted by atomic mass is 10.0. The van der Waals surface area contributed by atoms with Crippen LogP contribution in [-0.4, -0.2) is 17.8 Å².